The van der Waals surface area contributed by atoms with Gasteiger partial charge in [-0.15, -0.1) is 11.3 Å². The number of anilines is 2. The SMILES string of the molecule is Cc1ccc(Nc2nccs2)cc1OCc1ccccc1. The van der Waals surface area contributed by atoms with E-state index in [1.165, 1.54) is 0 Å². The molecule has 3 nitrogen and oxygen atoms in total. The summed E-state index contributed by atoms with van der Waals surface area (Å²) in [5, 5.41) is 6.11. The van der Waals surface area contributed by atoms with Crippen molar-refractivity contribution < 1.29 is 4.74 Å². The molecule has 0 saturated carbocycles. The van der Waals surface area contributed by atoms with E-state index in [4.69, 9.17) is 4.74 Å². The Morgan fingerprint density at radius 1 is 1.14 bits per heavy atom. The third kappa shape index (κ3) is 3.61. The Balaban J connectivity index is 1.72. The summed E-state index contributed by atoms with van der Waals surface area (Å²) < 4.78 is 5.93. The fourth-order valence-electron chi connectivity index (χ4n) is 1.98. The lowest BCUT2D eigenvalue weighted by molar-refractivity contribution is 0.304. The molecule has 2 aromatic carbocycles. The second-order valence-corrected chi connectivity index (χ2v) is 5.61. The van der Waals surface area contributed by atoms with E-state index in [1.807, 2.05) is 42.6 Å². The van der Waals surface area contributed by atoms with Crippen LogP contribution < -0.4 is 10.1 Å². The fraction of sp³-hybridized carbons (Fsp3) is 0.118. The monoisotopic (exact) mass is 296 g/mol. The number of nitrogens with one attached hydrogen (secondary N) is 1. The van der Waals surface area contributed by atoms with Gasteiger partial charge in [0.05, 0.1) is 0 Å². The molecule has 3 rings (SSSR count). The van der Waals surface area contributed by atoms with Gasteiger partial charge in [0.2, 0.25) is 0 Å². The largest absolute Gasteiger partial charge is 0.489 e. The van der Waals surface area contributed by atoms with Crippen molar-refractivity contribution in [3.05, 3.63) is 71.2 Å². The maximum absolute atomic E-state index is 5.93. The van der Waals surface area contributed by atoms with E-state index >= 15 is 0 Å². The second kappa shape index (κ2) is 6.41. The number of nitrogens with zero attached hydrogens (tertiary/aromatic N) is 1. The molecule has 0 aliphatic carbocycles. The van der Waals surface area contributed by atoms with Crippen molar-refractivity contribution in [1.82, 2.24) is 4.98 Å². The minimum absolute atomic E-state index is 0.572. The molecule has 1 heterocycles. The molecule has 0 radical (unpaired) electrons. The third-order valence-electron chi connectivity index (χ3n) is 3.11. The standard InChI is InChI=1S/C17H16N2OS/c1-13-7-8-15(19-17-18-9-10-21-17)11-16(13)20-12-14-5-3-2-4-6-14/h2-11H,12H2,1H3,(H,18,19). The topological polar surface area (TPSA) is 34.2 Å². The first-order valence-corrected chi connectivity index (χ1v) is 7.63. The van der Waals surface area contributed by atoms with Gasteiger partial charge in [0, 0.05) is 23.3 Å². The summed E-state index contributed by atoms with van der Waals surface area (Å²) in [6, 6.07) is 16.3. The van der Waals surface area contributed by atoms with Gasteiger partial charge in [0.1, 0.15) is 12.4 Å². The lowest BCUT2D eigenvalue weighted by Gasteiger charge is -2.11. The van der Waals surface area contributed by atoms with Gasteiger partial charge in [-0.25, -0.2) is 4.98 Å². The van der Waals surface area contributed by atoms with E-state index < -0.39 is 0 Å². The third-order valence-corrected chi connectivity index (χ3v) is 3.80. The molecular formula is C17H16N2OS. The van der Waals surface area contributed by atoms with E-state index in [0.29, 0.717) is 6.61 Å². The molecule has 0 saturated heterocycles. The maximum atomic E-state index is 5.93. The van der Waals surface area contributed by atoms with Crippen molar-refractivity contribution in [3.8, 4) is 5.75 Å². The highest BCUT2D eigenvalue weighted by Gasteiger charge is 2.04. The van der Waals surface area contributed by atoms with Crippen LogP contribution in [0.1, 0.15) is 11.1 Å². The highest BCUT2D eigenvalue weighted by Crippen LogP contribution is 2.26. The van der Waals surface area contributed by atoms with Crippen LogP contribution in [-0.4, -0.2) is 4.98 Å². The number of hydrogen-bond donors (Lipinski definition) is 1. The van der Waals surface area contributed by atoms with Crippen molar-refractivity contribution in [1.29, 1.82) is 0 Å². The van der Waals surface area contributed by atoms with Gasteiger partial charge in [0.25, 0.3) is 0 Å². The van der Waals surface area contributed by atoms with Crippen LogP contribution in [0.25, 0.3) is 0 Å². The lowest BCUT2D eigenvalue weighted by atomic mass is 10.2. The molecule has 1 N–H and O–H groups in total. The zero-order valence-corrected chi connectivity index (χ0v) is 12.6. The number of benzene rings is 2. The summed E-state index contributed by atoms with van der Waals surface area (Å²) in [5.41, 5.74) is 3.27. The van der Waals surface area contributed by atoms with Crippen LogP contribution in [0.4, 0.5) is 10.8 Å². The fourth-order valence-corrected chi connectivity index (χ4v) is 2.53. The summed E-state index contributed by atoms with van der Waals surface area (Å²) in [6.07, 6.45) is 1.79. The van der Waals surface area contributed by atoms with Gasteiger partial charge >= 0.3 is 0 Å². The van der Waals surface area contributed by atoms with Crippen LogP contribution in [-0.2, 0) is 6.61 Å². The molecule has 3 aromatic rings. The zero-order valence-electron chi connectivity index (χ0n) is 11.7. The first-order valence-electron chi connectivity index (χ1n) is 6.75. The Bertz CT molecular complexity index is 696. The number of aromatic nitrogens is 1. The average molecular weight is 296 g/mol. The number of rotatable bonds is 5. The smallest absolute Gasteiger partial charge is 0.187 e. The Kier molecular flexibility index (Phi) is 4.17. The average Bonchev–Trinajstić information content (AvgIpc) is 3.02. The van der Waals surface area contributed by atoms with E-state index in [2.05, 4.69) is 28.5 Å². The molecule has 4 heteroatoms. The minimum Gasteiger partial charge on any atom is -0.489 e. The van der Waals surface area contributed by atoms with Crippen molar-refractivity contribution in [2.75, 3.05) is 5.32 Å². The van der Waals surface area contributed by atoms with Crippen LogP contribution in [0.2, 0.25) is 0 Å². The highest BCUT2D eigenvalue weighted by molar-refractivity contribution is 7.13. The molecule has 0 fully saturated rings. The maximum Gasteiger partial charge on any atom is 0.187 e. The molecule has 0 spiro atoms. The number of ether oxygens (including phenoxy) is 1. The van der Waals surface area contributed by atoms with Crippen molar-refractivity contribution >= 4 is 22.2 Å². The zero-order chi connectivity index (χ0) is 14.5. The number of thiazole rings is 1. The summed E-state index contributed by atoms with van der Waals surface area (Å²) in [6.45, 7) is 2.62. The molecule has 0 bridgehead atoms. The normalized spacial score (nSPS) is 10.3. The van der Waals surface area contributed by atoms with Crippen LogP contribution in [0.15, 0.2) is 60.1 Å². The minimum atomic E-state index is 0.572. The molecule has 0 aliphatic heterocycles. The summed E-state index contributed by atoms with van der Waals surface area (Å²) >= 11 is 1.57. The van der Waals surface area contributed by atoms with Gasteiger partial charge in [-0.1, -0.05) is 36.4 Å². The number of hydrogen-bond acceptors (Lipinski definition) is 4. The second-order valence-electron chi connectivity index (χ2n) is 4.72. The van der Waals surface area contributed by atoms with Gasteiger partial charge in [-0.2, -0.15) is 0 Å². The van der Waals surface area contributed by atoms with E-state index in [1.54, 1.807) is 17.5 Å². The van der Waals surface area contributed by atoms with Gasteiger partial charge in [-0.3, -0.25) is 0 Å². The van der Waals surface area contributed by atoms with Gasteiger partial charge in [0.15, 0.2) is 5.13 Å². The van der Waals surface area contributed by atoms with E-state index in [9.17, 15) is 0 Å². The van der Waals surface area contributed by atoms with Crippen molar-refractivity contribution in [2.45, 2.75) is 13.5 Å². The van der Waals surface area contributed by atoms with E-state index in [0.717, 1.165) is 27.7 Å². The first-order chi connectivity index (χ1) is 10.3. The molecule has 0 atom stereocenters. The van der Waals surface area contributed by atoms with Crippen LogP contribution in [0.3, 0.4) is 0 Å². The first kappa shape index (κ1) is 13.6. The molecule has 0 aliphatic rings. The van der Waals surface area contributed by atoms with E-state index in [-0.39, 0.29) is 0 Å². The predicted molar refractivity (Wildman–Crippen MR) is 87.3 cm³/mol. The van der Waals surface area contributed by atoms with Crippen molar-refractivity contribution in [2.24, 2.45) is 0 Å². The Morgan fingerprint density at radius 3 is 2.76 bits per heavy atom. The highest BCUT2D eigenvalue weighted by atomic mass is 32.1. The predicted octanol–water partition coefficient (Wildman–Crippen LogP) is 4.77. The van der Waals surface area contributed by atoms with Crippen LogP contribution in [0, 0.1) is 6.92 Å². The Morgan fingerprint density at radius 2 is 2.00 bits per heavy atom. The molecule has 21 heavy (non-hydrogen) atoms. The molecule has 1 aromatic heterocycles. The lowest BCUT2D eigenvalue weighted by Crippen LogP contribution is -1.98. The van der Waals surface area contributed by atoms with Crippen molar-refractivity contribution in [3.63, 3.8) is 0 Å². The Labute approximate surface area is 128 Å². The summed E-state index contributed by atoms with van der Waals surface area (Å²) in [4.78, 5) is 4.22. The number of aryl methyl sites for hydroxylation is 1. The molecule has 0 unspecified atom stereocenters. The van der Waals surface area contributed by atoms with Crippen LogP contribution in [0.5, 0.6) is 5.75 Å². The van der Waals surface area contributed by atoms with Gasteiger partial charge < -0.3 is 10.1 Å². The summed E-state index contributed by atoms with van der Waals surface area (Å²) in [7, 11) is 0. The Hall–Kier alpha value is -2.33. The summed E-state index contributed by atoms with van der Waals surface area (Å²) in [5.74, 6) is 0.889. The van der Waals surface area contributed by atoms with Crippen LogP contribution >= 0.6 is 11.3 Å². The van der Waals surface area contributed by atoms with Gasteiger partial charge in [-0.05, 0) is 24.1 Å². The molecule has 0 amide bonds. The quantitative estimate of drug-likeness (QED) is 0.736. The molecule has 106 valence electrons. The molecular weight excluding hydrogens is 280 g/mol.